The van der Waals surface area contributed by atoms with E-state index in [0.29, 0.717) is 6.42 Å². The molecular weight excluding hydrogens is 414 g/mol. The first-order chi connectivity index (χ1) is 15.8. The standard InChI is InChI=1S/C28H29NO4/c1-28(2,3)33-21-14-12-19(13-15-21)16-20(17-30)29-27(31)32-18-26-24-10-6-4-8-22(24)23-9-5-7-11-25(23)26/h4-15,17,20,26H,16,18H2,1-3H3,(H,29,31). The predicted molar refractivity (Wildman–Crippen MR) is 129 cm³/mol. The Labute approximate surface area is 194 Å². The third-order valence-corrected chi connectivity index (χ3v) is 5.61. The van der Waals surface area contributed by atoms with Crippen LogP contribution in [0.1, 0.15) is 43.4 Å². The second kappa shape index (κ2) is 9.49. The zero-order valence-corrected chi connectivity index (χ0v) is 19.2. The highest BCUT2D eigenvalue weighted by molar-refractivity contribution is 5.79. The van der Waals surface area contributed by atoms with E-state index in [1.807, 2.05) is 69.3 Å². The molecule has 5 heteroatoms. The maximum Gasteiger partial charge on any atom is 0.407 e. The summed E-state index contributed by atoms with van der Waals surface area (Å²) in [6, 6.07) is 23.2. The van der Waals surface area contributed by atoms with Crippen molar-refractivity contribution in [1.82, 2.24) is 5.32 Å². The zero-order valence-electron chi connectivity index (χ0n) is 19.2. The molecule has 0 fully saturated rings. The van der Waals surface area contributed by atoms with E-state index in [1.54, 1.807) is 0 Å². The van der Waals surface area contributed by atoms with E-state index in [9.17, 15) is 9.59 Å². The molecule has 0 bridgehead atoms. The van der Waals surface area contributed by atoms with Crippen LogP contribution in [0, 0.1) is 0 Å². The number of hydrogen-bond donors (Lipinski definition) is 1. The van der Waals surface area contributed by atoms with E-state index in [2.05, 4.69) is 29.6 Å². The van der Waals surface area contributed by atoms with Crippen LogP contribution in [0.15, 0.2) is 72.8 Å². The summed E-state index contributed by atoms with van der Waals surface area (Å²) in [7, 11) is 0. The van der Waals surface area contributed by atoms with Gasteiger partial charge < -0.3 is 19.6 Å². The van der Waals surface area contributed by atoms with E-state index in [0.717, 1.165) is 28.7 Å². The molecular formula is C28H29NO4. The molecule has 3 aromatic rings. The van der Waals surface area contributed by atoms with Crippen molar-refractivity contribution < 1.29 is 19.1 Å². The van der Waals surface area contributed by atoms with Crippen molar-refractivity contribution in [3.05, 3.63) is 89.5 Å². The molecule has 0 aromatic heterocycles. The minimum Gasteiger partial charge on any atom is -0.488 e. The van der Waals surface area contributed by atoms with Crippen molar-refractivity contribution in [2.24, 2.45) is 0 Å². The van der Waals surface area contributed by atoms with Gasteiger partial charge in [-0.25, -0.2) is 4.79 Å². The van der Waals surface area contributed by atoms with Crippen molar-refractivity contribution in [2.45, 2.75) is 44.8 Å². The Morgan fingerprint density at radius 2 is 1.52 bits per heavy atom. The Bertz CT molecular complexity index is 1090. The Kier molecular flexibility index (Phi) is 6.50. The molecule has 0 aliphatic heterocycles. The van der Waals surface area contributed by atoms with Gasteiger partial charge in [-0.2, -0.15) is 0 Å². The fraction of sp³-hybridized carbons (Fsp3) is 0.286. The minimum atomic E-state index is -0.671. The highest BCUT2D eigenvalue weighted by atomic mass is 16.5. The van der Waals surface area contributed by atoms with Gasteiger partial charge in [0.15, 0.2) is 0 Å². The fourth-order valence-electron chi connectivity index (χ4n) is 4.23. The number of benzene rings is 3. The van der Waals surface area contributed by atoms with Crippen LogP contribution in [-0.4, -0.2) is 30.6 Å². The average molecular weight is 444 g/mol. The predicted octanol–water partition coefficient (Wildman–Crippen LogP) is 5.51. The summed E-state index contributed by atoms with van der Waals surface area (Å²) >= 11 is 0. The molecule has 1 unspecified atom stereocenters. The van der Waals surface area contributed by atoms with Crippen LogP contribution in [0.5, 0.6) is 5.75 Å². The lowest BCUT2D eigenvalue weighted by molar-refractivity contribution is -0.109. The molecule has 0 saturated heterocycles. The molecule has 1 atom stereocenters. The van der Waals surface area contributed by atoms with E-state index in [4.69, 9.17) is 9.47 Å². The van der Waals surface area contributed by atoms with Gasteiger partial charge in [-0.3, -0.25) is 0 Å². The molecule has 5 nitrogen and oxygen atoms in total. The van der Waals surface area contributed by atoms with Gasteiger partial charge >= 0.3 is 6.09 Å². The number of ether oxygens (including phenoxy) is 2. The molecule has 0 spiro atoms. The zero-order chi connectivity index (χ0) is 23.4. The first-order valence-corrected chi connectivity index (χ1v) is 11.2. The lowest BCUT2D eigenvalue weighted by Crippen LogP contribution is -2.38. The second-order valence-electron chi connectivity index (χ2n) is 9.27. The normalized spacial score (nSPS) is 13.5. The monoisotopic (exact) mass is 443 g/mol. The summed E-state index contributed by atoms with van der Waals surface area (Å²) in [6.07, 6.45) is 0.520. The van der Waals surface area contributed by atoms with E-state index < -0.39 is 12.1 Å². The van der Waals surface area contributed by atoms with E-state index in [-0.39, 0.29) is 18.1 Å². The minimum absolute atomic E-state index is 0.0202. The Hall–Kier alpha value is -3.60. The van der Waals surface area contributed by atoms with Crippen molar-refractivity contribution in [3.8, 4) is 16.9 Å². The highest BCUT2D eigenvalue weighted by Gasteiger charge is 2.29. The van der Waals surface area contributed by atoms with Gasteiger partial charge in [0.25, 0.3) is 0 Å². The highest BCUT2D eigenvalue weighted by Crippen LogP contribution is 2.44. The van der Waals surface area contributed by atoms with Crippen LogP contribution in [0.3, 0.4) is 0 Å². The van der Waals surface area contributed by atoms with Crippen molar-refractivity contribution >= 4 is 12.4 Å². The quantitative estimate of drug-likeness (QED) is 0.489. The summed E-state index contributed by atoms with van der Waals surface area (Å²) in [5, 5.41) is 2.68. The summed E-state index contributed by atoms with van der Waals surface area (Å²) in [5.74, 6) is 0.742. The molecule has 1 N–H and O–H groups in total. The van der Waals surface area contributed by atoms with Crippen molar-refractivity contribution in [2.75, 3.05) is 6.61 Å². The topological polar surface area (TPSA) is 64.6 Å². The smallest absolute Gasteiger partial charge is 0.407 e. The molecule has 33 heavy (non-hydrogen) atoms. The van der Waals surface area contributed by atoms with Crippen LogP contribution in [-0.2, 0) is 16.0 Å². The van der Waals surface area contributed by atoms with Crippen LogP contribution in [0.4, 0.5) is 4.79 Å². The van der Waals surface area contributed by atoms with Gasteiger partial charge in [-0.1, -0.05) is 60.7 Å². The molecule has 0 radical (unpaired) electrons. The SMILES string of the molecule is CC(C)(C)Oc1ccc(CC(C=O)NC(=O)OCC2c3ccccc3-c3ccccc32)cc1. The third-order valence-electron chi connectivity index (χ3n) is 5.61. The molecule has 3 aromatic carbocycles. The van der Waals surface area contributed by atoms with Crippen molar-refractivity contribution in [3.63, 3.8) is 0 Å². The number of aldehydes is 1. The number of alkyl carbamates (subject to hydrolysis) is 1. The van der Waals surface area contributed by atoms with Crippen LogP contribution >= 0.6 is 0 Å². The summed E-state index contributed by atoms with van der Waals surface area (Å²) in [6.45, 7) is 6.18. The molecule has 1 aliphatic carbocycles. The van der Waals surface area contributed by atoms with Gasteiger partial charge in [0.05, 0.1) is 6.04 Å². The number of hydrogen-bond acceptors (Lipinski definition) is 4. The van der Waals surface area contributed by atoms with Crippen LogP contribution in [0.25, 0.3) is 11.1 Å². The number of nitrogens with one attached hydrogen (secondary N) is 1. The maximum absolute atomic E-state index is 12.5. The second-order valence-corrected chi connectivity index (χ2v) is 9.27. The molecule has 0 saturated carbocycles. The van der Waals surface area contributed by atoms with E-state index >= 15 is 0 Å². The first kappa shape index (κ1) is 22.6. The number of carbonyl (C=O) groups is 2. The Morgan fingerprint density at radius 3 is 2.06 bits per heavy atom. The van der Waals surface area contributed by atoms with Gasteiger partial charge in [0, 0.05) is 5.92 Å². The largest absolute Gasteiger partial charge is 0.488 e. The van der Waals surface area contributed by atoms with Crippen LogP contribution in [0.2, 0.25) is 0 Å². The lowest BCUT2D eigenvalue weighted by atomic mass is 9.98. The fourth-order valence-corrected chi connectivity index (χ4v) is 4.23. The molecule has 4 rings (SSSR count). The van der Waals surface area contributed by atoms with Gasteiger partial charge in [0.2, 0.25) is 0 Å². The maximum atomic E-state index is 12.5. The van der Waals surface area contributed by atoms with Gasteiger partial charge in [-0.05, 0) is 67.1 Å². The van der Waals surface area contributed by atoms with E-state index in [1.165, 1.54) is 11.1 Å². The molecule has 0 heterocycles. The average Bonchev–Trinajstić information content (AvgIpc) is 3.11. The molecule has 1 aliphatic rings. The summed E-state index contributed by atoms with van der Waals surface area (Å²) in [5.41, 5.74) is 5.29. The summed E-state index contributed by atoms with van der Waals surface area (Å²) in [4.78, 5) is 24.1. The van der Waals surface area contributed by atoms with Gasteiger partial charge in [0.1, 0.15) is 24.2 Å². The third kappa shape index (κ3) is 5.43. The van der Waals surface area contributed by atoms with Crippen molar-refractivity contribution in [1.29, 1.82) is 0 Å². The first-order valence-electron chi connectivity index (χ1n) is 11.2. The van der Waals surface area contributed by atoms with Gasteiger partial charge in [-0.15, -0.1) is 0 Å². The number of amides is 1. The Morgan fingerprint density at radius 1 is 0.939 bits per heavy atom. The Balaban J connectivity index is 1.35. The molecule has 1 amide bonds. The summed E-state index contributed by atoms with van der Waals surface area (Å²) < 4.78 is 11.4. The lowest BCUT2D eigenvalue weighted by Gasteiger charge is -2.21. The number of carbonyl (C=O) groups excluding carboxylic acids is 2. The number of rotatable bonds is 7. The number of fused-ring (bicyclic) bond motifs is 3. The molecule has 170 valence electrons. The van der Waals surface area contributed by atoms with Crippen LogP contribution < -0.4 is 10.1 Å².